The highest BCUT2D eigenvalue weighted by atomic mass is 16.3. The predicted octanol–water partition coefficient (Wildman–Crippen LogP) is 3.55. The molecule has 0 amide bonds. The van der Waals surface area contributed by atoms with Crippen LogP contribution in [0.3, 0.4) is 0 Å². The van der Waals surface area contributed by atoms with Gasteiger partial charge in [-0.2, -0.15) is 0 Å². The lowest BCUT2D eigenvalue weighted by Crippen LogP contribution is -2.29. The normalized spacial score (nSPS) is 17.3. The van der Waals surface area contributed by atoms with E-state index in [9.17, 15) is 20.1 Å². The smallest absolute Gasteiger partial charge is 0.183 e. The van der Waals surface area contributed by atoms with E-state index in [1.54, 1.807) is 6.92 Å². The summed E-state index contributed by atoms with van der Waals surface area (Å²) < 4.78 is 0. The Morgan fingerprint density at radius 3 is 2.12 bits per heavy atom. The molecule has 24 heavy (non-hydrogen) atoms. The third kappa shape index (κ3) is 2.12. The minimum Gasteiger partial charge on any atom is -0.510 e. The van der Waals surface area contributed by atoms with Crippen molar-refractivity contribution in [2.45, 2.75) is 40.0 Å². The van der Waals surface area contributed by atoms with E-state index in [0.29, 0.717) is 11.3 Å². The molecule has 1 aliphatic rings. The van der Waals surface area contributed by atoms with Crippen LogP contribution in [0.2, 0.25) is 0 Å². The quantitative estimate of drug-likeness (QED) is 0.693. The summed E-state index contributed by atoms with van der Waals surface area (Å²) in [5.74, 6) is -1.63. The number of rotatable bonds is 3. The van der Waals surface area contributed by atoms with Crippen molar-refractivity contribution in [3.05, 3.63) is 51.5 Å². The van der Waals surface area contributed by atoms with Gasteiger partial charge in [0.05, 0.1) is 11.1 Å². The summed E-state index contributed by atoms with van der Waals surface area (Å²) in [5.41, 5.74) is 4.43. The van der Waals surface area contributed by atoms with Gasteiger partial charge in [0.25, 0.3) is 0 Å². The van der Waals surface area contributed by atoms with Gasteiger partial charge in [0.1, 0.15) is 23.2 Å². The maximum Gasteiger partial charge on any atom is 0.183 e. The number of aliphatic hydroxyl groups excluding tert-OH is 1. The second-order valence-electron chi connectivity index (χ2n) is 6.36. The zero-order valence-electron chi connectivity index (χ0n) is 14.2. The third-order valence-corrected chi connectivity index (χ3v) is 4.80. The summed E-state index contributed by atoms with van der Waals surface area (Å²) in [6, 6.07) is 2.91. The molecule has 5 nitrogen and oxygen atoms in total. The van der Waals surface area contributed by atoms with Gasteiger partial charge >= 0.3 is 0 Å². The molecule has 1 heterocycles. The summed E-state index contributed by atoms with van der Waals surface area (Å²) in [6.45, 7) is 7.63. The number of Topliss-reactive ketones (excluding diaryl/α,β-unsaturated/α-hetero) is 1. The van der Waals surface area contributed by atoms with Crippen LogP contribution >= 0.6 is 0 Å². The molecule has 0 spiro atoms. The maximum absolute atomic E-state index is 12.7. The lowest BCUT2D eigenvalue weighted by Gasteiger charge is -2.29. The lowest BCUT2D eigenvalue weighted by atomic mass is 9.75. The summed E-state index contributed by atoms with van der Waals surface area (Å²) in [7, 11) is 0. The van der Waals surface area contributed by atoms with Crippen LogP contribution in [-0.2, 0) is 11.2 Å². The molecule has 0 bridgehead atoms. The minimum absolute atomic E-state index is 0.00371. The van der Waals surface area contributed by atoms with Crippen LogP contribution in [0, 0.1) is 20.8 Å². The third-order valence-electron chi connectivity index (χ3n) is 4.80. The average Bonchev–Trinajstić information content (AvgIpc) is 2.77. The van der Waals surface area contributed by atoms with E-state index in [-0.39, 0.29) is 34.2 Å². The van der Waals surface area contributed by atoms with Gasteiger partial charge < -0.3 is 20.3 Å². The largest absolute Gasteiger partial charge is 0.510 e. The van der Waals surface area contributed by atoms with Gasteiger partial charge in [0.2, 0.25) is 0 Å². The molecule has 1 atom stereocenters. The second-order valence-corrected chi connectivity index (χ2v) is 6.36. The summed E-state index contributed by atoms with van der Waals surface area (Å²) in [4.78, 5) is 15.9. The van der Waals surface area contributed by atoms with Crippen LogP contribution in [0.15, 0.2) is 17.9 Å². The van der Waals surface area contributed by atoms with E-state index in [0.717, 1.165) is 23.2 Å². The van der Waals surface area contributed by atoms with Crippen molar-refractivity contribution in [2.24, 2.45) is 0 Å². The fourth-order valence-corrected chi connectivity index (χ4v) is 3.62. The number of aryl methyl sites for hydroxylation is 2. The van der Waals surface area contributed by atoms with Crippen LogP contribution in [0.1, 0.15) is 46.5 Å². The highest BCUT2D eigenvalue weighted by Crippen LogP contribution is 2.48. The lowest BCUT2D eigenvalue weighted by molar-refractivity contribution is -0.116. The van der Waals surface area contributed by atoms with Gasteiger partial charge in [0.15, 0.2) is 5.78 Å². The van der Waals surface area contributed by atoms with E-state index in [1.807, 2.05) is 20.8 Å². The number of nitrogens with one attached hydrogen (secondary N) is 1. The Hall–Kier alpha value is -2.69. The van der Waals surface area contributed by atoms with Crippen molar-refractivity contribution >= 4 is 11.4 Å². The average molecular weight is 327 g/mol. The standard InChI is InChI=1S/C19H21NO4/c1-5-11-9(3)17(20-10(11)4)16-18(23)15(19(16)24)14-12(21)6-8(2)7-13(14)22/h6-7,16,20-23H,5H2,1-4H3. The Morgan fingerprint density at radius 1 is 1.08 bits per heavy atom. The molecule has 5 heteroatoms. The Morgan fingerprint density at radius 2 is 1.67 bits per heavy atom. The Labute approximate surface area is 140 Å². The number of benzene rings is 1. The van der Waals surface area contributed by atoms with Crippen LogP contribution < -0.4 is 0 Å². The van der Waals surface area contributed by atoms with Crippen molar-refractivity contribution in [1.29, 1.82) is 0 Å². The van der Waals surface area contributed by atoms with Gasteiger partial charge in [-0.3, -0.25) is 4.79 Å². The molecule has 3 rings (SSSR count). The fourth-order valence-electron chi connectivity index (χ4n) is 3.62. The van der Waals surface area contributed by atoms with Gasteiger partial charge in [-0.15, -0.1) is 0 Å². The Bertz CT molecular complexity index is 866. The zero-order valence-corrected chi connectivity index (χ0v) is 14.2. The number of phenols is 2. The number of carbonyl (C=O) groups excluding carboxylic acids is 1. The molecule has 0 saturated carbocycles. The molecule has 0 aliphatic heterocycles. The number of hydrogen-bond donors (Lipinski definition) is 4. The molecule has 4 N–H and O–H groups in total. The van der Waals surface area contributed by atoms with E-state index >= 15 is 0 Å². The molecular weight excluding hydrogens is 306 g/mol. The summed E-state index contributed by atoms with van der Waals surface area (Å²) in [5, 5.41) is 30.6. The summed E-state index contributed by atoms with van der Waals surface area (Å²) >= 11 is 0. The zero-order chi connectivity index (χ0) is 17.8. The minimum atomic E-state index is -0.765. The highest BCUT2D eigenvalue weighted by molar-refractivity contribution is 6.32. The first-order chi connectivity index (χ1) is 11.3. The number of aliphatic hydroxyl groups is 1. The number of aromatic amines is 1. The topological polar surface area (TPSA) is 93.6 Å². The molecule has 126 valence electrons. The van der Waals surface area contributed by atoms with Crippen molar-refractivity contribution in [2.75, 3.05) is 0 Å². The van der Waals surface area contributed by atoms with E-state index < -0.39 is 5.92 Å². The number of H-pyrrole nitrogens is 1. The molecule has 0 saturated heterocycles. The van der Waals surface area contributed by atoms with Crippen molar-refractivity contribution < 1.29 is 20.1 Å². The number of aromatic nitrogens is 1. The van der Waals surface area contributed by atoms with Crippen molar-refractivity contribution in [3.63, 3.8) is 0 Å². The molecular formula is C19H21NO4. The second kappa shape index (κ2) is 5.44. The number of hydrogen-bond acceptors (Lipinski definition) is 4. The first-order valence-electron chi connectivity index (χ1n) is 7.96. The van der Waals surface area contributed by atoms with Gasteiger partial charge in [-0.25, -0.2) is 0 Å². The SMILES string of the molecule is CCc1c(C)[nH]c(C2C(=O)C(c3c(O)cc(C)cc3O)=C2O)c1C. The summed E-state index contributed by atoms with van der Waals surface area (Å²) in [6.07, 6.45) is 0.839. The Balaban J connectivity index is 2.11. The van der Waals surface area contributed by atoms with Crippen LogP contribution in [0.5, 0.6) is 11.5 Å². The molecule has 1 aromatic heterocycles. The number of carbonyl (C=O) groups is 1. The van der Waals surface area contributed by atoms with Crippen LogP contribution in [0.4, 0.5) is 0 Å². The first-order valence-corrected chi connectivity index (χ1v) is 7.96. The highest BCUT2D eigenvalue weighted by Gasteiger charge is 2.45. The van der Waals surface area contributed by atoms with Crippen LogP contribution in [0.25, 0.3) is 5.57 Å². The number of allylic oxidation sites excluding steroid dienone is 2. The van der Waals surface area contributed by atoms with Crippen molar-refractivity contribution in [1.82, 2.24) is 4.98 Å². The maximum atomic E-state index is 12.7. The van der Waals surface area contributed by atoms with Crippen LogP contribution in [-0.4, -0.2) is 26.1 Å². The molecule has 2 aromatic rings. The molecule has 0 radical (unpaired) electrons. The first kappa shape index (κ1) is 16.2. The molecule has 0 fully saturated rings. The van der Waals surface area contributed by atoms with E-state index in [1.165, 1.54) is 12.1 Å². The monoisotopic (exact) mass is 327 g/mol. The predicted molar refractivity (Wildman–Crippen MR) is 91.5 cm³/mol. The van der Waals surface area contributed by atoms with E-state index in [2.05, 4.69) is 4.98 Å². The molecule has 1 unspecified atom stereocenters. The van der Waals surface area contributed by atoms with Crippen molar-refractivity contribution in [3.8, 4) is 11.5 Å². The number of aromatic hydroxyl groups is 2. The van der Waals surface area contributed by atoms with Gasteiger partial charge in [-0.1, -0.05) is 6.92 Å². The number of ketones is 1. The van der Waals surface area contributed by atoms with E-state index in [4.69, 9.17) is 0 Å². The number of phenolic OH excluding ortho intramolecular Hbond substituents is 2. The molecule has 1 aliphatic carbocycles. The Kier molecular flexibility index (Phi) is 3.67. The van der Waals surface area contributed by atoms with Gasteiger partial charge in [-0.05, 0) is 56.0 Å². The molecule has 1 aromatic carbocycles. The fraction of sp³-hybridized carbons (Fsp3) is 0.316. The van der Waals surface area contributed by atoms with Gasteiger partial charge in [0, 0.05) is 11.4 Å².